The number of ketones is 5. The summed E-state index contributed by atoms with van der Waals surface area (Å²) in [5.41, 5.74) is 12.7. The van der Waals surface area contributed by atoms with Crippen LogP contribution in [0.3, 0.4) is 0 Å². The van der Waals surface area contributed by atoms with Gasteiger partial charge in [-0.25, -0.2) is 0 Å². The highest BCUT2D eigenvalue weighted by Gasteiger charge is 2.32. The maximum absolute atomic E-state index is 14.0. The fourth-order valence-electron chi connectivity index (χ4n) is 11.9. The van der Waals surface area contributed by atoms with E-state index in [1.165, 1.54) is 12.1 Å². The number of aliphatic carboxylic acids is 1. The summed E-state index contributed by atoms with van der Waals surface area (Å²) in [6.07, 6.45) is 17.5. The molecule has 636 valence electrons. The van der Waals surface area contributed by atoms with E-state index in [1.807, 2.05) is 13.8 Å². The van der Waals surface area contributed by atoms with Gasteiger partial charge in [0.05, 0.1) is 109 Å². The second kappa shape index (κ2) is 66.7. The van der Waals surface area contributed by atoms with Crippen molar-refractivity contribution in [1.82, 2.24) is 26.2 Å². The van der Waals surface area contributed by atoms with Crippen LogP contribution in [0.2, 0.25) is 0 Å². The number of aromatic hydroxyl groups is 1. The van der Waals surface area contributed by atoms with Crippen molar-refractivity contribution in [3.05, 3.63) is 42.1 Å². The van der Waals surface area contributed by atoms with Crippen LogP contribution in [0.15, 0.2) is 36.5 Å². The number of carboxylic acids is 1. The third kappa shape index (κ3) is 62.4. The molecule has 0 unspecified atom stereocenters. The van der Waals surface area contributed by atoms with Gasteiger partial charge in [-0.15, -0.1) is 0 Å². The number of nitrogens with two attached hydrogens (primary N) is 2. The summed E-state index contributed by atoms with van der Waals surface area (Å²) >= 11 is 0. The highest BCUT2D eigenvalue weighted by Crippen LogP contribution is 2.24. The van der Waals surface area contributed by atoms with Gasteiger partial charge in [0.15, 0.2) is 11.6 Å². The first kappa shape index (κ1) is 102. The Morgan fingerprint density at radius 3 is 1.48 bits per heavy atom. The number of amides is 4. The molecule has 0 aliphatic rings. The zero-order valence-electron chi connectivity index (χ0n) is 66.7. The van der Waals surface area contributed by atoms with Gasteiger partial charge in [0, 0.05) is 102 Å². The Labute approximate surface area is 658 Å². The predicted octanol–water partition coefficient (Wildman–Crippen LogP) is 6.88. The summed E-state index contributed by atoms with van der Waals surface area (Å²) in [5, 5.41) is 38.3. The van der Waals surface area contributed by atoms with Gasteiger partial charge in [0.2, 0.25) is 23.6 Å². The van der Waals surface area contributed by atoms with Crippen LogP contribution in [-0.2, 0) is 102 Å². The van der Waals surface area contributed by atoms with Gasteiger partial charge < -0.3 is 80.8 Å². The number of unbranched alkanes of at least 4 members (excludes halogenated alkanes) is 14. The second-order valence-corrected chi connectivity index (χ2v) is 30.2. The lowest BCUT2D eigenvalue weighted by Crippen LogP contribution is -2.44. The molecule has 0 radical (unpaired) electrons. The van der Waals surface area contributed by atoms with Crippen LogP contribution in [-0.4, -0.2) is 250 Å². The summed E-state index contributed by atoms with van der Waals surface area (Å²) in [6, 6.07) is 5.56. The monoisotopic (exact) mass is 1600 g/mol. The third-order valence-corrected chi connectivity index (χ3v) is 18.8. The first-order chi connectivity index (χ1) is 53.1. The number of ether oxygens (including phenoxy) is 8. The summed E-state index contributed by atoms with van der Waals surface area (Å²) < 4.78 is 74.1. The molecule has 1 rings (SSSR count). The molecule has 1 aromatic rings. The minimum Gasteiger partial charge on any atom is -0.508 e. The molecule has 4 amide bonds. The molecular weight excluding hydrogens is 1460 g/mol. The molecule has 111 heavy (non-hydrogen) atoms. The number of likely N-dealkylation sites (N-methyl/N-ethyl adjacent to an activating group) is 1. The molecule has 0 aliphatic heterocycles. The first-order valence-corrected chi connectivity index (χ1v) is 41.5. The number of nitrogens with one attached hydrogen (secondary N) is 5. The number of carboxylic acid groups (broad SMARTS) is 1. The molecule has 0 fully saturated rings. The number of carbonyl (C=O) groups excluding carboxylic acids is 9. The van der Waals surface area contributed by atoms with Crippen molar-refractivity contribution in [2.24, 2.45) is 35.1 Å². The van der Waals surface area contributed by atoms with Crippen LogP contribution in [0.4, 0.5) is 0 Å². The van der Waals surface area contributed by atoms with Crippen molar-refractivity contribution in [3.63, 3.8) is 0 Å². The van der Waals surface area contributed by atoms with Crippen LogP contribution in [0, 0.1) is 29.1 Å². The Hall–Kier alpha value is -6.72. The average molecular weight is 1600 g/mol. The van der Waals surface area contributed by atoms with Crippen LogP contribution in [0.25, 0.3) is 0 Å². The Morgan fingerprint density at radius 2 is 0.937 bits per heavy atom. The summed E-state index contributed by atoms with van der Waals surface area (Å²) in [4.78, 5) is 129. The van der Waals surface area contributed by atoms with Crippen LogP contribution in [0.5, 0.6) is 5.75 Å². The Kier molecular flexibility index (Phi) is 61.5. The largest absolute Gasteiger partial charge is 0.508 e. The Morgan fingerprint density at radius 1 is 0.468 bits per heavy atom. The first-order valence-electron chi connectivity index (χ1n) is 39.9. The quantitative estimate of drug-likeness (QED) is 0.0137. The van der Waals surface area contributed by atoms with Gasteiger partial charge in [-0.05, 0) is 88.4 Å². The second-order valence-electron chi connectivity index (χ2n) is 28.7. The number of rotatable bonds is 80. The highest BCUT2D eigenvalue weighted by molar-refractivity contribution is 7.85. The van der Waals surface area contributed by atoms with E-state index >= 15 is 0 Å². The number of hydrogen-bond acceptors (Lipinski definition) is 24. The standard InChI is InChI=1S/C79H136N8O23S/c1-61(2)51-70(91)53-64(73(93)56-87(4)71(26-17-18-27-74(80)81)72(92)55-66(78(82)97)52-63-28-31-67(88)32-29-63)23-19-20-34-84-76(95)59-109-48-42-103-38-22-25-69(90)58-108-47-44-106-41-37-86-77(96)60-110-49-45-104-39-35-83-62(3)57-107-46-43-105-40-36-85-75(94)33-30-65(79(98)99)54-68(89)24-16-14-12-10-8-6-5-7-9-11-13-15-21-50-111(100,101)102/h28-29,31-32,61,64-66,71,83,88H,3,5-27,30,33-60H2,1-2,4H3,(H3,80,81)(H2,82,97)(H,84,95)(H,85,94)(H,86,96)(H,98,99)(H,100,101,102)/t64-,65-,66-,71+/m1/s1. The van der Waals surface area contributed by atoms with Crippen molar-refractivity contribution < 1.29 is 109 Å². The molecule has 0 saturated heterocycles. The fraction of sp³-hybridized carbons (Fsp3) is 0.759. The average Bonchev–Trinajstić information content (AvgIpc) is 0.855. The van der Waals surface area contributed by atoms with Gasteiger partial charge in [0.1, 0.15) is 42.9 Å². The topological polar surface area (TPSA) is 467 Å². The van der Waals surface area contributed by atoms with Crippen LogP contribution in [0.1, 0.15) is 206 Å². The molecule has 1 aromatic carbocycles. The maximum atomic E-state index is 14.0. The number of phenols is 1. The van der Waals surface area contributed by atoms with E-state index in [9.17, 15) is 66.6 Å². The van der Waals surface area contributed by atoms with E-state index in [-0.39, 0.29) is 220 Å². The van der Waals surface area contributed by atoms with Crippen molar-refractivity contribution in [1.29, 1.82) is 5.41 Å². The molecule has 32 heteroatoms. The van der Waals surface area contributed by atoms with Gasteiger partial charge >= 0.3 is 5.97 Å². The van der Waals surface area contributed by atoms with Crippen molar-refractivity contribution >= 4 is 74.5 Å². The molecule has 4 atom stereocenters. The summed E-state index contributed by atoms with van der Waals surface area (Å²) in [6.45, 7) is 11.8. The molecule has 0 aromatic heterocycles. The van der Waals surface area contributed by atoms with Crippen molar-refractivity contribution in [2.75, 3.05) is 151 Å². The number of primary amides is 1. The Bertz CT molecular complexity index is 2910. The van der Waals surface area contributed by atoms with E-state index < -0.39 is 45.8 Å². The zero-order chi connectivity index (χ0) is 82.1. The number of Topliss-reactive ketones (excluding diaryl/α,β-unsaturated/α-hetero) is 5. The molecule has 0 aliphatic carbocycles. The molecule has 0 saturated carbocycles. The zero-order valence-corrected chi connectivity index (χ0v) is 67.5. The molecule has 31 nitrogen and oxygen atoms in total. The summed E-state index contributed by atoms with van der Waals surface area (Å²) in [7, 11) is -2.18. The third-order valence-electron chi connectivity index (χ3n) is 18.0. The number of carbonyl (C=O) groups is 10. The normalized spacial score (nSPS) is 12.6. The molecular formula is C79H136N8O23S. The minimum atomic E-state index is -3.86. The van der Waals surface area contributed by atoms with E-state index in [1.54, 1.807) is 24.1 Å². The predicted molar refractivity (Wildman–Crippen MR) is 420 cm³/mol. The molecule has 12 N–H and O–H groups in total. The van der Waals surface area contributed by atoms with Crippen molar-refractivity contribution in [2.45, 2.75) is 213 Å². The molecule has 0 bridgehead atoms. The Balaban J connectivity index is 2.07. The lowest BCUT2D eigenvalue weighted by molar-refractivity contribution is -0.144. The van der Waals surface area contributed by atoms with E-state index in [2.05, 4.69) is 27.8 Å². The fourth-order valence-corrected chi connectivity index (χ4v) is 12.5. The number of hydrogen-bond donors (Lipinski definition) is 10. The maximum Gasteiger partial charge on any atom is 0.306 e. The van der Waals surface area contributed by atoms with Gasteiger partial charge in [0.25, 0.3) is 10.1 Å². The van der Waals surface area contributed by atoms with Crippen LogP contribution >= 0.6 is 0 Å². The van der Waals surface area contributed by atoms with Gasteiger partial charge in [-0.3, -0.25) is 62.8 Å². The van der Waals surface area contributed by atoms with Crippen LogP contribution < -0.4 is 32.7 Å². The smallest absolute Gasteiger partial charge is 0.306 e. The van der Waals surface area contributed by atoms with E-state index in [0.717, 1.165) is 82.6 Å². The molecule has 0 spiro atoms. The van der Waals surface area contributed by atoms with Gasteiger partial charge in [-0.2, -0.15) is 8.42 Å². The lowest BCUT2D eigenvalue weighted by atomic mass is 9.88. The number of phenolic OH excluding ortho intramolecular Hbond substituents is 1. The number of benzene rings is 1. The molecule has 0 heterocycles. The SMILES string of the molecule is C=C(COCCOCCNC(=O)CC[C@H](CC(=O)CCCCCCCCCCCCCCCS(=O)(=O)O)C(=O)O)NCCOCCOCC(=O)NCCOCCOCC(=O)CCCOCCOCC(=O)NCCCC[C@H](CC(=O)CC(C)C)C(=O)CN(C)[C@@H](CCCCC(=N)N)C(=O)C[C@@H](Cc1ccc(O)cc1)C(N)=O. The van der Waals surface area contributed by atoms with E-state index in [0.29, 0.717) is 109 Å². The van der Waals surface area contributed by atoms with Gasteiger partial charge in [-0.1, -0.05) is 116 Å². The minimum absolute atomic E-state index is 0.0107. The number of amidine groups is 1. The number of nitrogens with zero attached hydrogens (tertiary/aromatic N) is 1. The lowest BCUT2D eigenvalue weighted by Gasteiger charge is -2.29. The van der Waals surface area contributed by atoms with E-state index in [4.69, 9.17) is 59.3 Å². The van der Waals surface area contributed by atoms with Crippen molar-refractivity contribution in [3.8, 4) is 5.75 Å². The summed E-state index contributed by atoms with van der Waals surface area (Å²) in [5.74, 6) is -5.69. The highest BCUT2D eigenvalue weighted by atomic mass is 32.2.